The predicted molar refractivity (Wildman–Crippen MR) is 138 cm³/mol. The number of hydrogen-bond acceptors (Lipinski definition) is 6. The van der Waals surface area contributed by atoms with Gasteiger partial charge in [-0.1, -0.05) is 0 Å². The van der Waals surface area contributed by atoms with Gasteiger partial charge in [0.15, 0.2) is 5.96 Å². The van der Waals surface area contributed by atoms with Crippen molar-refractivity contribution in [1.29, 1.82) is 0 Å². The molecule has 32 heavy (non-hydrogen) atoms. The minimum atomic E-state index is 0. The fraction of sp³-hybridized carbons (Fsp3) is 0.696. The quantitative estimate of drug-likeness (QED) is 0.282. The van der Waals surface area contributed by atoms with Crippen molar-refractivity contribution in [2.45, 2.75) is 19.8 Å². The fourth-order valence-corrected chi connectivity index (χ4v) is 4.35. The van der Waals surface area contributed by atoms with Crippen LogP contribution in [0.25, 0.3) is 0 Å². The van der Waals surface area contributed by atoms with E-state index in [0.717, 1.165) is 87.7 Å². The molecule has 1 aromatic carbocycles. The van der Waals surface area contributed by atoms with Crippen LogP contribution in [-0.2, 0) is 11.2 Å². The van der Waals surface area contributed by atoms with Crippen molar-refractivity contribution in [2.75, 3.05) is 80.4 Å². The Balaban J connectivity index is 0.00000363. The van der Waals surface area contributed by atoms with E-state index in [2.05, 4.69) is 22.0 Å². The Morgan fingerprint density at radius 1 is 1.09 bits per heavy atom. The molecule has 8 nitrogen and oxygen atoms in total. The number of guanidine groups is 1. The van der Waals surface area contributed by atoms with E-state index in [1.54, 1.807) is 21.3 Å². The van der Waals surface area contributed by atoms with Gasteiger partial charge in [0, 0.05) is 63.5 Å². The molecule has 2 aliphatic rings. The Morgan fingerprint density at radius 2 is 1.78 bits per heavy atom. The first-order valence-electron chi connectivity index (χ1n) is 11.3. The Bertz CT molecular complexity index is 703. The van der Waals surface area contributed by atoms with E-state index in [1.165, 1.54) is 6.42 Å². The smallest absolute Gasteiger partial charge is 0.193 e. The molecule has 2 heterocycles. The summed E-state index contributed by atoms with van der Waals surface area (Å²) >= 11 is 0. The molecule has 0 radical (unpaired) electrons. The van der Waals surface area contributed by atoms with E-state index >= 15 is 0 Å². The standard InChI is InChI=1S/C23H38N4O4.HI/c1-5-24-23(27-9-7-18(17-27)16-26-10-12-31-13-11-26)25-8-6-20-21(29-3)14-19(28-2)15-22(20)30-4;/h14-15,18H,5-13,16-17H2,1-4H3,(H,24,25);1H. The second kappa shape index (κ2) is 13.9. The first-order valence-corrected chi connectivity index (χ1v) is 11.3. The van der Waals surface area contributed by atoms with Crippen LogP contribution in [0.2, 0.25) is 0 Å². The van der Waals surface area contributed by atoms with Gasteiger partial charge in [0.1, 0.15) is 17.2 Å². The third kappa shape index (κ3) is 7.28. The maximum atomic E-state index is 5.57. The fourth-order valence-electron chi connectivity index (χ4n) is 4.35. The van der Waals surface area contributed by atoms with Crippen molar-refractivity contribution in [3.05, 3.63) is 17.7 Å². The van der Waals surface area contributed by atoms with E-state index in [1.807, 2.05) is 12.1 Å². The van der Waals surface area contributed by atoms with Crippen molar-refractivity contribution in [1.82, 2.24) is 15.1 Å². The molecule has 1 aromatic rings. The van der Waals surface area contributed by atoms with Gasteiger partial charge in [-0.3, -0.25) is 9.89 Å². The van der Waals surface area contributed by atoms with Crippen molar-refractivity contribution in [3.63, 3.8) is 0 Å². The molecule has 3 rings (SSSR count). The van der Waals surface area contributed by atoms with Crippen LogP contribution in [0, 0.1) is 5.92 Å². The summed E-state index contributed by atoms with van der Waals surface area (Å²) in [7, 11) is 4.98. The summed E-state index contributed by atoms with van der Waals surface area (Å²) < 4.78 is 22.0. The highest BCUT2D eigenvalue weighted by Crippen LogP contribution is 2.34. The first kappa shape index (κ1) is 26.8. The number of benzene rings is 1. The summed E-state index contributed by atoms with van der Waals surface area (Å²) in [5.74, 6) is 3.94. The van der Waals surface area contributed by atoms with Crippen LogP contribution in [0.5, 0.6) is 17.2 Å². The average molecular weight is 562 g/mol. The van der Waals surface area contributed by atoms with Crippen LogP contribution in [0.3, 0.4) is 0 Å². The van der Waals surface area contributed by atoms with Gasteiger partial charge >= 0.3 is 0 Å². The highest BCUT2D eigenvalue weighted by Gasteiger charge is 2.27. The predicted octanol–water partition coefficient (Wildman–Crippen LogP) is 2.49. The van der Waals surface area contributed by atoms with Gasteiger partial charge in [0.25, 0.3) is 0 Å². The van der Waals surface area contributed by atoms with Crippen LogP contribution in [0.1, 0.15) is 18.9 Å². The van der Waals surface area contributed by atoms with E-state index < -0.39 is 0 Å². The molecular formula is C23H39IN4O4. The minimum absolute atomic E-state index is 0. The summed E-state index contributed by atoms with van der Waals surface area (Å²) in [6, 6.07) is 3.78. The highest BCUT2D eigenvalue weighted by molar-refractivity contribution is 14.0. The summed E-state index contributed by atoms with van der Waals surface area (Å²) in [6.07, 6.45) is 1.94. The number of nitrogens with one attached hydrogen (secondary N) is 1. The molecule has 1 N–H and O–H groups in total. The Morgan fingerprint density at radius 3 is 2.38 bits per heavy atom. The zero-order chi connectivity index (χ0) is 22.1. The van der Waals surface area contributed by atoms with Crippen molar-refractivity contribution in [3.8, 4) is 17.2 Å². The summed E-state index contributed by atoms with van der Waals surface area (Å²) in [4.78, 5) is 9.85. The lowest BCUT2D eigenvalue weighted by Crippen LogP contribution is -2.42. The van der Waals surface area contributed by atoms with Crippen LogP contribution >= 0.6 is 24.0 Å². The maximum absolute atomic E-state index is 5.57. The molecule has 2 fully saturated rings. The number of ether oxygens (including phenoxy) is 4. The summed E-state index contributed by atoms with van der Waals surface area (Å²) in [5, 5.41) is 3.47. The topological polar surface area (TPSA) is 67.8 Å². The normalized spacial score (nSPS) is 19.4. The number of aliphatic imine (C=N–C) groups is 1. The number of nitrogens with zero attached hydrogens (tertiary/aromatic N) is 3. The molecular weight excluding hydrogens is 523 g/mol. The number of rotatable bonds is 9. The molecule has 0 bridgehead atoms. The number of hydrogen-bond donors (Lipinski definition) is 1. The number of methoxy groups -OCH3 is 3. The van der Waals surface area contributed by atoms with Gasteiger partial charge < -0.3 is 29.2 Å². The maximum Gasteiger partial charge on any atom is 0.193 e. The van der Waals surface area contributed by atoms with Gasteiger partial charge in [0.2, 0.25) is 0 Å². The zero-order valence-corrected chi connectivity index (χ0v) is 22.2. The summed E-state index contributed by atoms with van der Waals surface area (Å²) in [6.45, 7) is 10.7. The number of likely N-dealkylation sites (tertiary alicyclic amines) is 1. The molecule has 0 aliphatic carbocycles. The molecule has 9 heteroatoms. The third-order valence-corrected chi connectivity index (χ3v) is 5.98. The van der Waals surface area contributed by atoms with Crippen molar-refractivity contribution in [2.24, 2.45) is 10.9 Å². The Labute approximate surface area is 209 Å². The van der Waals surface area contributed by atoms with E-state index in [0.29, 0.717) is 12.5 Å². The molecule has 0 aromatic heterocycles. The first-order chi connectivity index (χ1) is 15.2. The summed E-state index contributed by atoms with van der Waals surface area (Å²) in [5.41, 5.74) is 1.01. The lowest BCUT2D eigenvalue weighted by atomic mass is 10.1. The number of halogens is 1. The Hall–Kier alpha value is -1.46. The van der Waals surface area contributed by atoms with Gasteiger partial charge in [-0.2, -0.15) is 0 Å². The molecule has 182 valence electrons. The minimum Gasteiger partial charge on any atom is -0.496 e. The SMILES string of the molecule is CCNC(=NCCc1c(OC)cc(OC)cc1OC)N1CCC(CN2CCOCC2)C1.I. The lowest BCUT2D eigenvalue weighted by molar-refractivity contribution is 0.0315. The molecule has 2 aliphatic heterocycles. The highest BCUT2D eigenvalue weighted by atomic mass is 127. The van der Waals surface area contributed by atoms with Gasteiger partial charge in [-0.05, 0) is 25.7 Å². The number of morpholine rings is 1. The van der Waals surface area contributed by atoms with Gasteiger partial charge in [-0.15, -0.1) is 24.0 Å². The van der Waals surface area contributed by atoms with Crippen molar-refractivity contribution >= 4 is 29.9 Å². The van der Waals surface area contributed by atoms with E-state index in [9.17, 15) is 0 Å². The largest absolute Gasteiger partial charge is 0.496 e. The van der Waals surface area contributed by atoms with Crippen LogP contribution in [0.4, 0.5) is 0 Å². The van der Waals surface area contributed by atoms with Crippen molar-refractivity contribution < 1.29 is 18.9 Å². The lowest BCUT2D eigenvalue weighted by Gasteiger charge is -2.29. The van der Waals surface area contributed by atoms with Gasteiger partial charge in [0.05, 0.1) is 34.5 Å². The van der Waals surface area contributed by atoms with E-state index in [4.69, 9.17) is 23.9 Å². The molecule has 1 atom stereocenters. The molecule has 0 amide bonds. The third-order valence-electron chi connectivity index (χ3n) is 5.98. The van der Waals surface area contributed by atoms with Crippen LogP contribution in [-0.4, -0.2) is 96.1 Å². The van der Waals surface area contributed by atoms with Crippen LogP contribution in [0.15, 0.2) is 17.1 Å². The monoisotopic (exact) mass is 562 g/mol. The second-order valence-electron chi connectivity index (χ2n) is 8.01. The van der Waals surface area contributed by atoms with Crippen LogP contribution < -0.4 is 19.5 Å². The molecule has 2 saturated heterocycles. The molecule has 1 unspecified atom stereocenters. The molecule has 0 saturated carbocycles. The van der Waals surface area contributed by atoms with Gasteiger partial charge in [-0.25, -0.2) is 0 Å². The molecule has 0 spiro atoms. The zero-order valence-electron chi connectivity index (χ0n) is 19.9. The average Bonchev–Trinajstić information content (AvgIpc) is 3.27. The second-order valence-corrected chi connectivity index (χ2v) is 8.01. The Kier molecular flexibility index (Phi) is 11.7. The van der Waals surface area contributed by atoms with E-state index in [-0.39, 0.29) is 24.0 Å².